The first-order valence-electron chi connectivity index (χ1n) is 3.34. The van der Waals surface area contributed by atoms with Gasteiger partial charge in [0.25, 0.3) is 0 Å². The molecule has 0 saturated carbocycles. The number of nitrogens with one attached hydrogen (secondary N) is 1. The first kappa shape index (κ1) is 9.12. The van der Waals surface area contributed by atoms with Crippen molar-refractivity contribution in [1.82, 2.24) is 5.32 Å². The number of alkyl halides is 3. The Morgan fingerprint density at radius 1 is 1.42 bits per heavy atom. The molecule has 0 bridgehead atoms. The highest BCUT2D eigenvalue weighted by atomic mass is 19.4. The molecule has 12 heavy (non-hydrogen) atoms. The zero-order valence-corrected chi connectivity index (χ0v) is 6.40. The molecule has 68 valence electrons. The van der Waals surface area contributed by atoms with Crippen LogP contribution < -0.4 is 5.32 Å². The van der Waals surface area contributed by atoms with Crippen molar-refractivity contribution in [1.29, 1.82) is 0 Å². The van der Waals surface area contributed by atoms with Crippen LogP contribution in [0.3, 0.4) is 0 Å². The van der Waals surface area contributed by atoms with Crippen molar-refractivity contribution in [3.05, 3.63) is 23.7 Å². The van der Waals surface area contributed by atoms with E-state index in [-0.39, 0.29) is 5.76 Å². The van der Waals surface area contributed by atoms with Gasteiger partial charge in [-0.15, -0.1) is 0 Å². The SMILES string of the molecule is CNCc1ccc(C(F)(F)F)o1. The smallest absolute Gasteiger partial charge is 0.449 e. The van der Waals surface area contributed by atoms with Gasteiger partial charge in [-0.05, 0) is 19.2 Å². The average molecular weight is 179 g/mol. The van der Waals surface area contributed by atoms with Crippen LogP contribution in [0.25, 0.3) is 0 Å². The van der Waals surface area contributed by atoms with Crippen molar-refractivity contribution in [3.63, 3.8) is 0 Å². The van der Waals surface area contributed by atoms with Crippen LogP contribution in [0.15, 0.2) is 16.5 Å². The summed E-state index contributed by atoms with van der Waals surface area (Å²) in [4.78, 5) is 0. The molecule has 1 heterocycles. The molecule has 1 aromatic heterocycles. The van der Waals surface area contributed by atoms with Crippen molar-refractivity contribution >= 4 is 0 Å². The van der Waals surface area contributed by atoms with E-state index in [1.165, 1.54) is 6.07 Å². The second-order valence-corrected chi connectivity index (χ2v) is 2.29. The fraction of sp³-hybridized carbons (Fsp3) is 0.429. The van der Waals surface area contributed by atoms with E-state index in [2.05, 4.69) is 9.73 Å². The highest BCUT2D eigenvalue weighted by Gasteiger charge is 2.34. The normalized spacial score (nSPS) is 12.0. The van der Waals surface area contributed by atoms with Crippen molar-refractivity contribution in [2.45, 2.75) is 12.7 Å². The lowest BCUT2D eigenvalue weighted by Gasteiger charge is -2.00. The number of furan rings is 1. The summed E-state index contributed by atoms with van der Waals surface area (Å²) in [6.07, 6.45) is -4.38. The third-order valence-corrected chi connectivity index (χ3v) is 1.29. The van der Waals surface area contributed by atoms with E-state index < -0.39 is 11.9 Å². The standard InChI is InChI=1S/C7H8F3NO/c1-11-4-5-2-3-6(12-5)7(8,9)10/h2-3,11H,4H2,1H3. The molecule has 0 saturated heterocycles. The summed E-state index contributed by atoms with van der Waals surface area (Å²) >= 11 is 0. The van der Waals surface area contributed by atoms with Gasteiger partial charge in [-0.3, -0.25) is 0 Å². The maximum atomic E-state index is 11.9. The topological polar surface area (TPSA) is 25.2 Å². The second kappa shape index (κ2) is 3.18. The Morgan fingerprint density at radius 3 is 2.50 bits per heavy atom. The van der Waals surface area contributed by atoms with Crippen LogP contribution in [0.4, 0.5) is 13.2 Å². The molecule has 0 radical (unpaired) electrons. The molecule has 0 spiro atoms. The summed E-state index contributed by atoms with van der Waals surface area (Å²) in [5.74, 6) is -0.669. The fourth-order valence-corrected chi connectivity index (χ4v) is 0.800. The fourth-order valence-electron chi connectivity index (χ4n) is 0.800. The number of hydrogen-bond donors (Lipinski definition) is 1. The van der Waals surface area contributed by atoms with E-state index in [9.17, 15) is 13.2 Å². The molecule has 0 amide bonds. The Bertz CT molecular complexity index is 253. The molecule has 0 fully saturated rings. The van der Waals surface area contributed by atoms with E-state index >= 15 is 0 Å². The molecule has 1 aromatic rings. The molecule has 0 unspecified atom stereocenters. The van der Waals surface area contributed by atoms with Crippen molar-refractivity contribution in [2.24, 2.45) is 0 Å². The molecule has 5 heteroatoms. The highest BCUT2D eigenvalue weighted by Crippen LogP contribution is 2.30. The van der Waals surface area contributed by atoms with Gasteiger partial charge in [0.1, 0.15) is 5.76 Å². The summed E-state index contributed by atoms with van der Waals surface area (Å²) < 4.78 is 40.3. The third kappa shape index (κ3) is 2.01. The van der Waals surface area contributed by atoms with Crippen LogP contribution in [-0.2, 0) is 12.7 Å². The first-order valence-corrected chi connectivity index (χ1v) is 3.34. The molecule has 0 aliphatic carbocycles. The summed E-state index contributed by atoms with van der Waals surface area (Å²) in [5.41, 5.74) is 0. The summed E-state index contributed by atoms with van der Waals surface area (Å²) in [7, 11) is 1.63. The molecular formula is C7H8F3NO. The summed E-state index contributed by atoms with van der Waals surface area (Å²) in [6.45, 7) is 0.302. The zero-order valence-electron chi connectivity index (χ0n) is 6.40. The average Bonchev–Trinajstić information content (AvgIpc) is 2.35. The number of halogens is 3. The predicted octanol–water partition coefficient (Wildman–Crippen LogP) is 2.02. The van der Waals surface area contributed by atoms with E-state index in [1.54, 1.807) is 7.05 Å². The lowest BCUT2D eigenvalue weighted by molar-refractivity contribution is -0.153. The Hall–Kier alpha value is -0.970. The molecule has 0 aliphatic heterocycles. The first-order chi connectivity index (χ1) is 5.54. The maximum absolute atomic E-state index is 11.9. The van der Waals surface area contributed by atoms with Gasteiger partial charge in [-0.2, -0.15) is 13.2 Å². The van der Waals surface area contributed by atoms with Gasteiger partial charge in [0.05, 0.1) is 6.54 Å². The van der Waals surface area contributed by atoms with Crippen LogP contribution in [0.2, 0.25) is 0 Å². The predicted molar refractivity (Wildman–Crippen MR) is 36.5 cm³/mol. The Morgan fingerprint density at radius 2 is 2.08 bits per heavy atom. The number of hydrogen-bond acceptors (Lipinski definition) is 2. The minimum Gasteiger partial charge on any atom is -0.455 e. The van der Waals surface area contributed by atoms with Gasteiger partial charge in [0.2, 0.25) is 5.76 Å². The van der Waals surface area contributed by atoms with Gasteiger partial charge < -0.3 is 9.73 Å². The van der Waals surface area contributed by atoms with Crippen LogP contribution in [0, 0.1) is 0 Å². The van der Waals surface area contributed by atoms with Gasteiger partial charge in [0, 0.05) is 0 Å². The lowest BCUT2D eigenvalue weighted by atomic mass is 10.4. The van der Waals surface area contributed by atoms with E-state index in [1.807, 2.05) is 0 Å². The molecule has 0 aliphatic rings. The summed E-state index contributed by atoms with van der Waals surface area (Å²) in [6, 6.07) is 2.23. The van der Waals surface area contributed by atoms with Crippen LogP contribution in [0.5, 0.6) is 0 Å². The van der Waals surface area contributed by atoms with Crippen molar-refractivity contribution in [2.75, 3.05) is 7.05 Å². The van der Waals surface area contributed by atoms with Crippen molar-refractivity contribution < 1.29 is 17.6 Å². The van der Waals surface area contributed by atoms with Crippen LogP contribution >= 0.6 is 0 Å². The van der Waals surface area contributed by atoms with Crippen LogP contribution in [0.1, 0.15) is 11.5 Å². The van der Waals surface area contributed by atoms with Gasteiger partial charge in [-0.25, -0.2) is 0 Å². The quantitative estimate of drug-likeness (QED) is 0.751. The third-order valence-electron chi connectivity index (χ3n) is 1.29. The minimum absolute atomic E-state index is 0.282. The van der Waals surface area contributed by atoms with Gasteiger partial charge in [-0.1, -0.05) is 0 Å². The molecule has 0 atom stereocenters. The Kier molecular flexibility index (Phi) is 2.42. The van der Waals surface area contributed by atoms with E-state index in [0.717, 1.165) is 6.07 Å². The summed E-state index contributed by atoms with van der Waals surface area (Å²) in [5, 5.41) is 2.69. The molecule has 1 N–H and O–H groups in total. The zero-order chi connectivity index (χ0) is 9.19. The highest BCUT2D eigenvalue weighted by molar-refractivity contribution is 5.09. The molecule has 2 nitrogen and oxygen atoms in total. The molecule has 0 aromatic carbocycles. The minimum atomic E-state index is -4.38. The lowest BCUT2D eigenvalue weighted by Crippen LogP contribution is -2.05. The monoisotopic (exact) mass is 179 g/mol. The van der Waals surface area contributed by atoms with E-state index in [4.69, 9.17) is 0 Å². The Balaban J connectivity index is 2.77. The van der Waals surface area contributed by atoms with Gasteiger partial charge in [0.15, 0.2) is 0 Å². The van der Waals surface area contributed by atoms with Crippen molar-refractivity contribution in [3.8, 4) is 0 Å². The largest absolute Gasteiger partial charge is 0.455 e. The van der Waals surface area contributed by atoms with Crippen LogP contribution in [-0.4, -0.2) is 7.05 Å². The maximum Gasteiger partial charge on any atom is 0.449 e. The van der Waals surface area contributed by atoms with E-state index in [0.29, 0.717) is 6.54 Å². The number of rotatable bonds is 2. The molecular weight excluding hydrogens is 171 g/mol. The van der Waals surface area contributed by atoms with Gasteiger partial charge >= 0.3 is 6.18 Å². The Labute approximate surface area is 67.4 Å². The second-order valence-electron chi connectivity index (χ2n) is 2.29. The molecule has 1 rings (SSSR count).